The van der Waals surface area contributed by atoms with Crippen LogP contribution >= 0.6 is 0 Å². The number of nitrogens with one attached hydrogen (secondary N) is 1. The minimum Gasteiger partial charge on any atom is -0.455 e. The van der Waals surface area contributed by atoms with Gasteiger partial charge in [-0.05, 0) is 5.56 Å². The summed E-state index contributed by atoms with van der Waals surface area (Å²) in [5.74, 6) is -1.06. The first-order valence-corrected chi connectivity index (χ1v) is 6.58. The minimum atomic E-state index is -0.534. The molecule has 1 N–H and O–H groups in total. The standard InChI is InChI=1S/C15H20N2O4/c1-11(18)16-13(12-7-5-4-6-8-12)9-15(20)21-10-14(19)17(2)3/h4-8,13H,9-10H2,1-3H3,(H,16,18)/t13-/m0/s1. The second-order valence-electron chi connectivity index (χ2n) is 4.82. The van der Waals surface area contributed by atoms with E-state index in [0.717, 1.165) is 5.56 Å². The number of hydrogen-bond donors (Lipinski definition) is 1. The second-order valence-corrected chi connectivity index (χ2v) is 4.82. The van der Waals surface area contributed by atoms with E-state index in [2.05, 4.69) is 5.32 Å². The van der Waals surface area contributed by atoms with Crippen molar-refractivity contribution < 1.29 is 19.1 Å². The lowest BCUT2D eigenvalue weighted by Gasteiger charge is -2.18. The van der Waals surface area contributed by atoms with E-state index in [9.17, 15) is 14.4 Å². The molecule has 0 bridgehead atoms. The van der Waals surface area contributed by atoms with Crippen molar-refractivity contribution in [2.45, 2.75) is 19.4 Å². The van der Waals surface area contributed by atoms with Gasteiger partial charge in [-0.2, -0.15) is 0 Å². The molecule has 6 heteroatoms. The van der Waals surface area contributed by atoms with E-state index in [0.29, 0.717) is 0 Å². The van der Waals surface area contributed by atoms with Crippen LogP contribution in [0.25, 0.3) is 0 Å². The van der Waals surface area contributed by atoms with E-state index in [1.54, 1.807) is 14.1 Å². The number of amides is 2. The molecular formula is C15H20N2O4. The van der Waals surface area contributed by atoms with Gasteiger partial charge in [0.25, 0.3) is 5.91 Å². The molecule has 6 nitrogen and oxygen atoms in total. The van der Waals surface area contributed by atoms with Crippen molar-refractivity contribution in [1.82, 2.24) is 10.2 Å². The van der Waals surface area contributed by atoms with Gasteiger partial charge in [0, 0.05) is 21.0 Å². The Hall–Kier alpha value is -2.37. The molecule has 1 aromatic carbocycles. The normalized spacial score (nSPS) is 11.4. The van der Waals surface area contributed by atoms with Crippen molar-refractivity contribution in [3.63, 3.8) is 0 Å². The highest BCUT2D eigenvalue weighted by atomic mass is 16.5. The molecule has 0 heterocycles. The van der Waals surface area contributed by atoms with E-state index in [-0.39, 0.29) is 24.8 Å². The quantitative estimate of drug-likeness (QED) is 0.790. The van der Waals surface area contributed by atoms with Gasteiger partial charge in [0.1, 0.15) is 0 Å². The van der Waals surface area contributed by atoms with E-state index in [1.165, 1.54) is 11.8 Å². The van der Waals surface area contributed by atoms with E-state index < -0.39 is 12.0 Å². The summed E-state index contributed by atoms with van der Waals surface area (Å²) >= 11 is 0. The van der Waals surface area contributed by atoms with E-state index in [1.807, 2.05) is 30.3 Å². The number of hydrogen-bond acceptors (Lipinski definition) is 4. The van der Waals surface area contributed by atoms with Gasteiger partial charge in [-0.15, -0.1) is 0 Å². The van der Waals surface area contributed by atoms with Crippen molar-refractivity contribution in [1.29, 1.82) is 0 Å². The average molecular weight is 292 g/mol. The highest BCUT2D eigenvalue weighted by Crippen LogP contribution is 2.17. The first-order valence-electron chi connectivity index (χ1n) is 6.58. The number of esters is 1. The fourth-order valence-electron chi connectivity index (χ4n) is 1.68. The molecule has 2 amide bonds. The van der Waals surface area contributed by atoms with Crippen LogP contribution < -0.4 is 5.32 Å². The number of ether oxygens (including phenoxy) is 1. The molecule has 1 atom stereocenters. The van der Waals surface area contributed by atoms with E-state index >= 15 is 0 Å². The lowest BCUT2D eigenvalue weighted by Crippen LogP contribution is -2.31. The number of likely N-dealkylation sites (N-methyl/N-ethyl adjacent to an activating group) is 1. The van der Waals surface area contributed by atoms with Crippen molar-refractivity contribution >= 4 is 17.8 Å². The molecule has 0 spiro atoms. The monoisotopic (exact) mass is 292 g/mol. The highest BCUT2D eigenvalue weighted by molar-refractivity contribution is 5.81. The summed E-state index contributed by atoms with van der Waals surface area (Å²) in [7, 11) is 3.17. The molecule has 0 aliphatic carbocycles. The Morgan fingerprint density at radius 1 is 1.19 bits per heavy atom. The number of carbonyl (C=O) groups excluding carboxylic acids is 3. The van der Waals surface area contributed by atoms with Gasteiger partial charge in [0.05, 0.1) is 12.5 Å². The van der Waals surface area contributed by atoms with Crippen LogP contribution in [0.3, 0.4) is 0 Å². The van der Waals surface area contributed by atoms with Gasteiger partial charge in [0.2, 0.25) is 5.91 Å². The summed E-state index contributed by atoms with van der Waals surface area (Å²) in [6.45, 7) is 1.09. The average Bonchev–Trinajstić information content (AvgIpc) is 2.44. The zero-order chi connectivity index (χ0) is 15.8. The van der Waals surface area contributed by atoms with Crippen LogP contribution in [0.1, 0.15) is 24.9 Å². The van der Waals surface area contributed by atoms with Crippen molar-refractivity contribution in [3.05, 3.63) is 35.9 Å². The Bertz CT molecular complexity index is 500. The third-order valence-electron chi connectivity index (χ3n) is 2.81. The molecule has 0 fully saturated rings. The van der Waals surface area contributed by atoms with Crippen LogP contribution in [0, 0.1) is 0 Å². The zero-order valence-corrected chi connectivity index (χ0v) is 12.5. The SMILES string of the molecule is CC(=O)N[C@@H](CC(=O)OCC(=O)N(C)C)c1ccccc1. The smallest absolute Gasteiger partial charge is 0.308 e. The lowest BCUT2D eigenvalue weighted by atomic mass is 10.0. The number of rotatable bonds is 6. The molecule has 0 unspecified atom stereocenters. The largest absolute Gasteiger partial charge is 0.455 e. The molecule has 21 heavy (non-hydrogen) atoms. The molecule has 0 radical (unpaired) electrons. The summed E-state index contributed by atoms with van der Waals surface area (Å²) < 4.78 is 4.92. The Balaban J connectivity index is 2.63. The predicted octanol–water partition coefficient (Wildman–Crippen LogP) is 0.885. The van der Waals surface area contributed by atoms with Crippen LogP contribution in [-0.4, -0.2) is 43.4 Å². The van der Waals surface area contributed by atoms with Crippen LogP contribution in [0.2, 0.25) is 0 Å². The topological polar surface area (TPSA) is 75.7 Å². The Morgan fingerprint density at radius 2 is 1.81 bits per heavy atom. The number of nitrogens with zero attached hydrogens (tertiary/aromatic N) is 1. The van der Waals surface area contributed by atoms with Gasteiger partial charge in [-0.25, -0.2) is 0 Å². The fraction of sp³-hybridized carbons (Fsp3) is 0.400. The lowest BCUT2D eigenvalue weighted by molar-refractivity contribution is -0.151. The summed E-state index contributed by atoms with van der Waals surface area (Å²) in [6, 6.07) is 8.67. The molecule has 0 aliphatic rings. The van der Waals surface area contributed by atoms with Crippen LogP contribution in [0.5, 0.6) is 0 Å². The first kappa shape index (κ1) is 16.7. The summed E-state index contributed by atoms with van der Waals surface area (Å²) in [4.78, 5) is 35.7. The van der Waals surface area contributed by atoms with Gasteiger partial charge in [-0.3, -0.25) is 14.4 Å². The van der Waals surface area contributed by atoms with Gasteiger partial charge >= 0.3 is 5.97 Å². The Labute approximate surface area is 124 Å². The maximum Gasteiger partial charge on any atom is 0.308 e. The molecule has 1 rings (SSSR count). The van der Waals surface area contributed by atoms with E-state index in [4.69, 9.17) is 4.74 Å². The number of carbonyl (C=O) groups is 3. The van der Waals surface area contributed by atoms with Crippen molar-refractivity contribution in [2.24, 2.45) is 0 Å². The molecule has 0 aromatic heterocycles. The summed E-state index contributed by atoms with van der Waals surface area (Å²) in [5, 5.41) is 2.70. The minimum absolute atomic E-state index is 0.0235. The van der Waals surface area contributed by atoms with Gasteiger partial charge in [-0.1, -0.05) is 30.3 Å². The predicted molar refractivity (Wildman–Crippen MR) is 77.3 cm³/mol. The maximum absolute atomic E-state index is 11.8. The summed E-state index contributed by atoms with van der Waals surface area (Å²) in [5.41, 5.74) is 0.809. The molecule has 1 aromatic rings. The molecule has 0 saturated carbocycles. The molecule has 114 valence electrons. The number of benzene rings is 1. The van der Waals surface area contributed by atoms with Crippen LogP contribution in [0.4, 0.5) is 0 Å². The van der Waals surface area contributed by atoms with Crippen molar-refractivity contribution in [2.75, 3.05) is 20.7 Å². The van der Waals surface area contributed by atoms with Gasteiger partial charge in [0.15, 0.2) is 6.61 Å². The third-order valence-corrected chi connectivity index (χ3v) is 2.81. The van der Waals surface area contributed by atoms with Crippen molar-refractivity contribution in [3.8, 4) is 0 Å². The highest BCUT2D eigenvalue weighted by Gasteiger charge is 2.18. The molecule has 0 saturated heterocycles. The Morgan fingerprint density at radius 3 is 2.33 bits per heavy atom. The Kier molecular flexibility index (Phi) is 6.39. The zero-order valence-electron chi connectivity index (χ0n) is 12.5. The molecular weight excluding hydrogens is 272 g/mol. The second kappa shape index (κ2) is 8.04. The van der Waals surface area contributed by atoms with Gasteiger partial charge < -0.3 is 15.0 Å². The third kappa shape index (κ3) is 6.07. The maximum atomic E-state index is 11.8. The molecule has 0 aliphatic heterocycles. The van der Waals surface area contributed by atoms with Crippen LogP contribution in [-0.2, 0) is 19.1 Å². The first-order chi connectivity index (χ1) is 9.90. The summed E-state index contributed by atoms with van der Waals surface area (Å²) in [6.07, 6.45) is -0.0235. The van der Waals surface area contributed by atoms with Crippen LogP contribution in [0.15, 0.2) is 30.3 Å². The fourth-order valence-corrected chi connectivity index (χ4v) is 1.68.